The Morgan fingerprint density at radius 2 is 2.05 bits per heavy atom. The van der Waals surface area contributed by atoms with Crippen LogP contribution in [0.15, 0.2) is 10.5 Å². The van der Waals surface area contributed by atoms with Crippen molar-refractivity contribution in [2.24, 2.45) is 11.8 Å². The molecule has 1 fully saturated rings. The van der Waals surface area contributed by atoms with Gasteiger partial charge in [-0.1, -0.05) is 39.0 Å². The monoisotopic (exact) mass is 344 g/mol. The Morgan fingerprint density at radius 1 is 1.37 bits per heavy atom. The van der Waals surface area contributed by atoms with Crippen LogP contribution in [0.1, 0.15) is 67.7 Å². The molecular formula is C16H25BrOS. The molecule has 1 aromatic rings. The Morgan fingerprint density at radius 3 is 2.58 bits per heavy atom. The third kappa shape index (κ3) is 4.05. The van der Waals surface area contributed by atoms with Gasteiger partial charge in [0.05, 0.1) is 6.10 Å². The highest BCUT2D eigenvalue weighted by Crippen LogP contribution is 2.41. The first-order chi connectivity index (χ1) is 9.11. The molecule has 1 nitrogen and oxygen atoms in total. The molecule has 0 aromatic carbocycles. The summed E-state index contributed by atoms with van der Waals surface area (Å²) in [6.07, 6.45) is 8.85. The summed E-state index contributed by atoms with van der Waals surface area (Å²) in [5.74, 6) is 1.39. The van der Waals surface area contributed by atoms with Crippen LogP contribution in [0.5, 0.6) is 0 Å². The van der Waals surface area contributed by atoms with Crippen LogP contribution in [-0.4, -0.2) is 5.11 Å². The minimum atomic E-state index is -0.248. The molecule has 0 radical (unpaired) electrons. The van der Waals surface area contributed by atoms with Crippen molar-refractivity contribution in [1.29, 1.82) is 0 Å². The fraction of sp³-hybridized carbons (Fsp3) is 0.750. The smallest absolute Gasteiger partial charge is 0.0910 e. The predicted octanol–water partition coefficient (Wildman–Crippen LogP) is 5.85. The minimum Gasteiger partial charge on any atom is -0.387 e. The number of aliphatic hydroxyl groups is 1. The Kier molecular flexibility index (Phi) is 5.91. The molecule has 0 saturated heterocycles. The van der Waals surface area contributed by atoms with Gasteiger partial charge in [0.25, 0.3) is 0 Å². The van der Waals surface area contributed by atoms with Crippen molar-refractivity contribution in [1.82, 2.24) is 0 Å². The van der Waals surface area contributed by atoms with Gasteiger partial charge in [0.15, 0.2) is 0 Å². The van der Waals surface area contributed by atoms with E-state index in [0.717, 1.165) is 15.3 Å². The topological polar surface area (TPSA) is 20.2 Å². The molecule has 1 atom stereocenters. The molecule has 1 unspecified atom stereocenters. The maximum atomic E-state index is 10.5. The zero-order valence-corrected chi connectivity index (χ0v) is 14.4. The average Bonchev–Trinajstić information content (AvgIpc) is 2.76. The average molecular weight is 345 g/mol. The molecule has 3 heteroatoms. The first kappa shape index (κ1) is 15.5. The highest BCUT2D eigenvalue weighted by Gasteiger charge is 2.28. The van der Waals surface area contributed by atoms with E-state index in [1.807, 2.05) is 0 Å². The summed E-state index contributed by atoms with van der Waals surface area (Å²) < 4.78 is 1.14. The van der Waals surface area contributed by atoms with Crippen molar-refractivity contribution in [2.45, 2.75) is 64.9 Å². The molecule has 0 aliphatic heterocycles. The molecule has 1 heterocycles. The van der Waals surface area contributed by atoms with Crippen LogP contribution < -0.4 is 0 Å². The van der Waals surface area contributed by atoms with Gasteiger partial charge in [-0.05, 0) is 53.6 Å². The molecule has 1 aliphatic carbocycles. The number of halogens is 1. The number of thiophene rings is 1. The summed E-state index contributed by atoms with van der Waals surface area (Å²) in [5, 5.41) is 10.5. The normalized spacial score (nSPS) is 25.5. The van der Waals surface area contributed by atoms with Crippen LogP contribution in [0.3, 0.4) is 0 Å². The Hall–Kier alpha value is 0.140. The Bertz CT molecular complexity index is 374. The molecule has 19 heavy (non-hydrogen) atoms. The first-order valence-electron chi connectivity index (χ1n) is 7.55. The molecule has 2 rings (SSSR count). The summed E-state index contributed by atoms with van der Waals surface area (Å²) in [7, 11) is 0. The minimum absolute atomic E-state index is 0.248. The van der Waals surface area contributed by atoms with E-state index in [-0.39, 0.29) is 6.10 Å². The molecule has 1 saturated carbocycles. The number of hydrogen-bond donors (Lipinski definition) is 1. The van der Waals surface area contributed by atoms with Gasteiger partial charge in [0.1, 0.15) is 0 Å². The molecule has 1 aromatic heterocycles. The third-order valence-electron chi connectivity index (χ3n) is 4.47. The standard InChI is InChI=1S/C16H25BrOS/c1-3-4-5-12-6-8-13(9-7-12)16(18)15-10-14(17)11(2)19-15/h10,12-13,16,18H,3-9H2,1-2H3. The van der Waals surface area contributed by atoms with E-state index in [2.05, 4.69) is 35.8 Å². The number of rotatable bonds is 5. The second-order valence-electron chi connectivity index (χ2n) is 5.92. The van der Waals surface area contributed by atoms with Crippen LogP contribution in [-0.2, 0) is 0 Å². The van der Waals surface area contributed by atoms with E-state index in [0.29, 0.717) is 5.92 Å². The van der Waals surface area contributed by atoms with Gasteiger partial charge in [-0.2, -0.15) is 0 Å². The summed E-state index contributed by atoms with van der Waals surface area (Å²) in [6, 6.07) is 2.10. The van der Waals surface area contributed by atoms with Crippen molar-refractivity contribution in [3.8, 4) is 0 Å². The number of aryl methyl sites for hydroxylation is 1. The lowest BCUT2D eigenvalue weighted by atomic mass is 9.77. The zero-order chi connectivity index (χ0) is 13.8. The Balaban J connectivity index is 1.87. The van der Waals surface area contributed by atoms with Gasteiger partial charge in [-0.25, -0.2) is 0 Å². The van der Waals surface area contributed by atoms with Gasteiger partial charge >= 0.3 is 0 Å². The zero-order valence-electron chi connectivity index (χ0n) is 12.0. The maximum absolute atomic E-state index is 10.5. The molecule has 0 bridgehead atoms. The molecule has 0 spiro atoms. The van der Waals surface area contributed by atoms with Crippen molar-refractivity contribution in [3.63, 3.8) is 0 Å². The second-order valence-corrected chi connectivity index (χ2v) is 8.06. The van der Waals surface area contributed by atoms with Crippen LogP contribution in [0.2, 0.25) is 0 Å². The van der Waals surface area contributed by atoms with E-state index >= 15 is 0 Å². The van der Waals surface area contributed by atoms with Crippen molar-refractivity contribution < 1.29 is 5.11 Å². The molecule has 0 amide bonds. The molecule has 1 aliphatic rings. The van der Waals surface area contributed by atoms with Gasteiger partial charge < -0.3 is 5.11 Å². The largest absolute Gasteiger partial charge is 0.387 e. The molecule has 1 N–H and O–H groups in total. The highest BCUT2D eigenvalue weighted by molar-refractivity contribution is 9.10. The second kappa shape index (κ2) is 7.24. The van der Waals surface area contributed by atoms with Gasteiger partial charge in [-0.3, -0.25) is 0 Å². The fourth-order valence-corrected chi connectivity index (χ4v) is 4.79. The van der Waals surface area contributed by atoms with E-state index in [4.69, 9.17) is 0 Å². The SMILES string of the molecule is CCCCC1CCC(C(O)c2cc(Br)c(C)s2)CC1. The van der Waals surface area contributed by atoms with Crippen LogP contribution in [0.25, 0.3) is 0 Å². The van der Waals surface area contributed by atoms with Gasteiger partial charge in [0.2, 0.25) is 0 Å². The lowest BCUT2D eigenvalue weighted by molar-refractivity contribution is 0.0747. The summed E-state index contributed by atoms with van der Waals surface area (Å²) in [6.45, 7) is 4.37. The summed E-state index contributed by atoms with van der Waals surface area (Å²) >= 11 is 5.28. The van der Waals surface area contributed by atoms with Crippen molar-refractivity contribution in [2.75, 3.05) is 0 Å². The fourth-order valence-electron chi connectivity index (χ4n) is 3.15. The number of unbranched alkanes of at least 4 members (excludes halogenated alkanes) is 1. The van der Waals surface area contributed by atoms with Crippen LogP contribution in [0.4, 0.5) is 0 Å². The van der Waals surface area contributed by atoms with E-state index in [1.54, 1.807) is 11.3 Å². The maximum Gasteiger partial charge on any atom is 0.0910 e. The lowest BCUT2D eigenvalue weighted by Gasteiger charge is -2.31. The lowest BCUT2D eigenvalue weighted by Crippen LogP contribution is -2.20. The highest BCUT2D eigenvalue weighted by atomic mass is 79.9. The van der Waals surface area contributed by atoms with E-state index < -0.39 is 0 Å². The number of hydrogen-bond acceptors (Lipinski definition) is 2. The van der Waals surface area contributed by atoms with Crippen LogP contribution >= 0.6 is 27.3 Å². The first-order valence-corrected chi connectivity index (χ1v) is 9.16. The quantitative estimate of drug-likeness (QED) is 0.710. The third-order valence-corrected chi connectivity index (χ3v) is 6.68. The number of aliphatic hydroxyl groups excluding tert-OH is 1. The molecular weight excluding hydrogens is 320 g/mol. The van der Waals surface area contributed by atoms with Crippen molar-refractivity contribution in [3.05, 3.63) is 20.3 Å². The van der Waals surface area contributed by atoms with Gasteiger partial charge in [0, 0.05) is 14.2 Å². The van der Waals surface area contributed by atoms with Gasteiger partial charge in [-0.15, -0.1) is 11.3 Å². The van der Waals surface area contributed by atoms with Crippen LogP contribution in [0, 0.1) is 18.8 Å². The van der Waals surface area contributed by atoms with E-state index in [1.165, 1.54) is 49.8 Å². The summed E-state index contributed by atoms with van der Waals surface area (Å²) in [5.41, 5.74) is 0. The van der Waals surface area contributed by atoms with Crippen molar-refractivity contribution >= 4 is 27.3 Å². The summed E-state index contributed by atoms with van der Waals surface area (Å²) in [4.78, 5) is 2.41. The Labute approximate surface area is 129 Å². The molecule has 108 valence electrons. The predicted molar refractivity (Wildman–Crippen MR) is 86.7 cm³/mol. The van der Waals surface area contributed by atoms with E-state index in [9.17, 15) is 5.11 Å².